The van der Waals surface area contributed by atoms with Crippen LogP contribution in [0.1, 0.15) is 43.7 Å². The third-order valence-electron chi connectivity index (χ3n) is 7.64. The summed E-state index contributed by atoms with van der Waals surface area (Å²) >= 11 is 0. The van der Waals surface area contributed by atoms with E-state index in [0.29, 0.717) is 36.3 Å². The molecule has 3 amide bonds. The number of fused-ring (bicyclic) bond motifs is 2. The fraction of sp³-hybridized carbons (Fsp3) is 0.393. The molecule has 0 aromatic heterocycles. The number of carbonyl (C=O) groups excluding carboxylic acids is 3. The largest absolute Gasteiger partial charge is 0.394 e. The molecule has 188 valence electrons. The van der Waals surface area contributed by atoms with E-state index in [2.05, 4.69) is 5.32 Å². The Morgan fingerprint density at radius 2 is 2.03 bits per heavy atom. The van der Waals surface area contributed by atoms with Crippen molar-refractivity contribution in [3.63, 3.8) is 0 Å². The molecule has 0 unspecified atom stereocenters. The maximum Gasteiger partial charge on any atom is 0.261 e. The highest BCUT2D eigenvalue weighted by molar-refractivity contribution is 6.07. The van der Waals surface area contributed by atoms with Crippen molar-refractivity contribution in [2.24, 2.45) is 5.92 Å². The van der Waals surface area contributed by atoms with Gasteiger partial charge in [0.05, 0.1) is 18.3 Å². The van der Waals surface area contributed by atoms with Crippen LogP contribution >= 0.6 is 0 Å². The summed E-state index contributed by atoms with van der Waals surface area (Å²) in [6.45, 7) is 2.32. The first kappa shape index (κ1) is 24.2. The quantitative estimate of drug-likeness (QED) is 0.541. The number of para-hydroxylation sites is 1. The lowest BCUT2D eigenvalue weighted by Gasteiger charge is -2.31. The van der Waals surface area contributed by atoms with Gasteiger partial charge in [-0.05, 0) is 49.1 Å². The predicted octanol–water partition coefficient (Wildman–Crippen LogP) is 3.00. The average Bonchev–Trinajstić information content (AvgIpc) is 3.46. The Bertz CT molecular complexity index is 1240. The Labute approximate surface area is 210 Å². The molecule has 0 bridgehead atoms. The second-order valence-electron chi connectivity index (χ2n) is 9.79. The van der Waals surface area contributed by atoms with Gasteiger partial charge in [-0.15, -0.1) is 0 Å². The second-order valence-corrected chi connectivity index (χ2v) is 9.79. The zero-order valence-electron chi connectivity index (χ0n) is 20.3. The van der Waals surface area contributed by atoms with Crippen LogP contribution in [0.15, 0.2) is 54.6 Å². The summed E-state index contributed by atoms with van der Waals surface area (Å²) < 4.78 is 0. The van der Waals surface area contributed by atoms with Gasteiger partial charge in [0.15, 0.2) is 5.60 Å². The van der Waals surface area contributed by atoms with E-state index >= 15 is 0 Å². The molecule has 3 aliphatic rings. The highest BCUT2D eigenvalue weighted by Gasteiger charge is 2.49. The Morgan fingerprint density at radius 1 is 1.22 bits per heavy atom. The third-order valence-corrected chi connectivity index (χ3v) is 7.64. The number of nitrogens with one attached hydrogen (secondary N) is 1. The molecule has 2 aromatic rings. The molecule has 3 atom stereocenters. The average molecular weight is 490 g/mol. The van der Waals surface area contributed by atoms with Gasteiger partial charge in [-0.25, -0.2) is 0 Å². The van der Waals surface area contributed by atoms with Gasteiger partial charge in [-0.3, -0.25) is 19.3 Å². The van der Waals surface area contributed by atoms with Gasteiger partial charge in [0.1, 0.15) is 0 Å². The van der Waals surface area contributed by atoms with Crippen LogP contribution in [0.4, 0.5) is 17.1 Å². The lowest BCUT2D eigenvalue weighted by molar-refractivity contribution is -0.137. The molecular weight excluding hydrogens is 458 g/mol. The molecule has 1 saturated heterocycles. The number of likely N-dealkylation sites (tertiary alicyclic amines) is 1. The maximum atomic E-state index is 13.0. The summed E-state index contributed by atoms with van der Waals surface area (Å²) in [4.78, 5) is 41.8. The van der Waals surface area contributed by atoms with Crippen LogP contribution in [0.2, 0.25) is 0 Å². The Balaban J connectivity index is 1.40. The number of rotatable bonds is 6. The zero-order chi connectivity index (χ0) is 25.4. The molecular formula is C28H31N3O5. The van der Waals surface area contributed by atoms with Crippen LogP contribution in [0.25, 0.3) is 0 Å². The maximum absolute atomic E-state index is 13.0. The number of benzene rings is 2. The number of amides is 3. The molecule has 2 aromatic carbocycles. The fourth-order valence-electron chi connectivity index (χ4n) is 5.58. The van der Waals surface area contributed by atoms with E-state index in [-0.39, 0.29) is 30.9 Å². The van der Waals surface area contributed by atoms with Crippen LogP contribution in [0, 0.1) is 5.92 Å². The van der Waals surface area contributed by atoms with E-state index < -0.39 is 17.4 Å². The van der Waals surface area contributed by atoms with E-state index in [9.17, 15) is 24.6 Å². The molecule has 3 N–H and O–H groups in total. The van der Waals surface area contributed by atoms with E-state index in [1.54, 1.807) is 47.1 Å². The first-order valence-corrected chi connectivity index (χ1v) is 12.5. The van der Waals surface area contributed by atoms with E-state index in [1.807, 2.05) is 24.3 Å². The summed E-state index contributed by atoms with van der Waals surface area (Å²) in [5.74, 6) is -1.28. The lowest BCUT2D eigenvalue weighted by atomic mass is 9.82. The topological polar surface area (TPSA) is 110 Å². The van der Waals surface area contributed by atoms with Crippen LogP contribution in [0.5, 0.6) is 0 Å². The van der Waals surface area contributed by atoms with Gasteiger partial charge in [-0.2, -0.15) is 0 Å². The SMILES string of the molecule is C[C@H](/C=C/CC(=O)N1CCC[C@H]1CO)[C@@]1(O)C(=O)Nc2ccc(N3C(=O)CCc4ccccc43)cc21. The minimum absolute atomic E-state index is 0.0379. The molecule has 1 fully saturated rings. The van der Waals surface area contributed by atoms with Crippen LogP contribution in [-0.2, 0) is 26.4 Å². The highest BCUT2D eigenvalue weighted by Crippen LogP contribution is 2.45. The minimum Gasteiger partial charge on any atom is -0.394 e. The molecule has 36 heavy (non-hydrogen) atoms. The number of aliphatic hydroxyl groups excluding tert-OH is 1. The van der Waals surface area contributed by atoms with Gasteiger partial charge in [0, 0.05) is 42.2 Å². The van der Waals surface area contributed by atoms with E-state index in [4.69, 9.17) is 0 Å². The smallest absolute Gasteiger partial charge is 0.261 e. The molecule has 8 heteroatoms. The summed E-state index contributed by atoms with van der Waals surface area (Å²) in [7, 11) is 0. The fourth-order valence-corrected chi connectivity index (χ4v) is 5.58. The number of aryl methyl sites for hydroxylation is 1. The molecule has 3 aliphatic heterocycles. The molecule has 0 saturated carbocycles. The second kappa shape index (κ2) is 9.52. The minimum atomic E-state index is -1.84. The number of carbonyl (C=O) groups is 3. The number of anilines is 3. The predicted molar refractivity (Wildman–Crippen MR) is 136 cm³/mol. The molecule has 0 aliphatic carbocycles. The van der Waals surface area contributed by atoms with Crippen molar-refractivity contribution in [1.82, 2.24) is 4.90 Å². The first-order valence-electron chi connectivity index (χ1n) is 12.5. The van der Waals surface area contributed by atoms with Crippen molar-refractivity contribution in [3.05, 3.63) is 65.7 Å². The van der Waals surface area contributed by atoms with E-state index in [0.717, 1.165) is 24.1 Å². The number of hydrogen-bond acceptors (Lipinski definition) is 5. The summed E-state index contributed by atoms with van der Waals surface area (Å²) in [6, 6.07) is 12.8. The summed E-state index contributed by atoms with van der Waals surface area (Å²) in [5, 5.41) is 23.9. The lowest BCUT2D eigenvalue weighted by Crippen LogP contribution is -2.40. The molecule has 5 rings (SSSR count). The van der Waals surface area contributed by atoms with Crippen molar-refractivity contribution >= 4 is 34.8 Å². The van der Waals surface area contributed by atoms with Crippen molar-refractivity contribution < 1.29 is 24.6 Å². The van der Waals surface area contributed by atoms with Gasteiger partial charge < -0.3 is 20.4 Å². The summed E-state index contributed by atoms with van der Waals surface area (Å²) in [5.41, 5.74) is 1.54. The Hall–Kier alpha value is -3.49. The number of hydrogen-bond donors (Lipinski definition) is 3. The Kier molecular flexibility index (Phi) is 6.40. The van der Waals surface area contributed by atoms with Crippen LogP contribution < -0.4 is 10.2 Å². The standard InChI is InChI=1S/C28H31N3O5/c1-18(6-4-10-25(33)30-15-5-8-21(30)17-32)28(36)22-16-20(12-13-23(22)29-27(28)35)31-24-9-3-2-7-19(24)11-14-26(31)34/h2-4,6-7,9,12-13,16,18,21,32,36H,5,8,10-11,14-15,17H2,1H3,(H,29,35)/b6-4+/t18-,21+,28+/m1/s1. The van der Waals surface area contributed by atoms with Gasteiger partial charge >= 0.3 is 0 Å². The highest BCUT2D eigenvalue weighted by atomic mass is 16.3. The van der Waals surface area contributed by atoms with Gasteiger partial charge in [-0.1, -0.05) is 37.3 Å². The molecule has 8 nitrogen and oxygen atoms in total. The van der Waals surface area contributed by atoms with Crippen molar-refractivity contribution in [3.8, 4) is 0 Å². The van der Waals surface area contributed by atoms with Crippen LogP contribution in [0.3, 0.4) is 0 Å². The van der Waals surface area contributed by atoms with Crippen LogP contribution in [-0.4, -0.2) is 52.0 Å². The number of aliphatic hydroxyl groups is 2. The normalized spacial score (nSPS) is 24.1. The first-order chi connectivity index (χ1) is 17.3. The molecule has 0 spiro atoms. The third kappa shape index (κ3) is 4.00. The number of nitrogens with zero attached hydrogens (tertiary/aromatic N) is 2. The van der Waals surface area contributed by atoms with Gasteiger partial charge in [0.25, 0.3) is 5.91 Å². The molecule has 3 heterocycles. The van der Waals surface area contributed by atoms with Crippen molar-refractivity contribution in [2.75, 3.05) is 23.4 Å². The van der Waals surface area contributed by atoms with Crippen molar-refractivity contribution in [2.45, 2.75) is 50.7 Å². The monoisotopic (exact) mass is 489 g/mol. The van der Waals surface area contributed by atoms with Gasteiger partial charge in [0.2, 0.25) is 11.8 Å². The van der Waals surface area contributed by atoms with E-state index in [1.165, 1.54) is 0 Å². The Morgan fingerprint density at radius 3 is 2.83 bits per heavy atom. The van der Waals surface area contributed by atoms with Crippen molar-refractivity contribution in [1.29, 1.82) is 0 Å². The zero-order valence-corrected chi connectivity index (χ0v) is 20.3. The molecule has 0 radical (unpaired) electrons. The summed E-state index contributed by atoms with van der Waals surface area (Å²) in [6.07, 6.45) is 6.23.